The van der Waals surface area contributed by atoms with Gasteiger partial charge in [-0.25, -0.2) is 0 Å². The Hall–Kier alpha value is -0.320. The molecule has 1 N–H and O–H groups in total. The van der Waals surface area contributed by atoms with Gasteiger partial charge < -0.3 is 5.11 Å². The molecule has 0 spiro atoms. The lowest BCUT2D eigenvalue weighted by molar-refractivity contribution is 0.220. The number of thioether (sulfide) groups is 2. The number of benzene rings is 2. The van der Waals surface area contributed by atoms with Crippen molar-refractivity contribution in [3.05, 3.63) is 69.2 Å². The lowest BCUT2D eigenvalue weighted by Crippen LogP contribution is -2.06. The molecule has 1 atom stereocenters. The van der Waals surface area contributed by atoms with Crippen LogP contribution >= 0.6 is 46.7 Å². The third-order valence-electron chi connectivity index (χ3n) is 3.63. The van der Waals surface area contributed by atoms with Crippen LogP contribution in [0.3, 0.4) is 0 Å². The predicted molar refractivity (Wildman–Crippen MR) is 99.2 cm³/mol. The molecule has 22 heavy (non-hydrogen) atoms. The van der Waals surface area contributed by atoms with Crippen molar-refractivity contribution in [2.75, 3.05) is 11.5 Å². The van der Waals surface area contributed by atoms with E-state index in [1.807, 2.05) is 66.0 Å². The Morgan fingerprint density at radius 1 is 1.00 bits per heavy atom. The number of rotatable bonds is 3. The molecule has 1 aliphatic rings. The van der Waals surface area contributed by atoms with Gasteiger partial charge in [-0.1, -0.05) is 59.6 Å². The van der Waals surface area contributed by atoms with E-state index < -0.39 is 6.10 Å². The van der Waals surface area contributed by atoms with E-state index in [4.69, 9.17) is 23.2 Å². The van der Waals surface area contributed by atoms with E-state index in [1.54, 1.807) is 0 Å². The highest BCUT2D eigenvalue weighted by Gasteiger charge is 2.25. The maximum atomic E-state index is 10.7. The van der Waals surface area contributed by atoms with E-state index in [0.29, 0.717) is 20.2 Å². The van der Waals surface area contributed by atoms with Gasteiger partial charge in [-0.05, 0) is 35.1 Å². The van der Waals surface area contributed by atoms with Crippen LogP contribution in [-0.2, 0) is 0 Å². The van der Waals surface area contributed by atoms with Gasteiger partial charge in [0.2, 0.25) is 0 Å². The largest absolute Gasteiger partial charge is 0.384 e. The fourth-order valence-electron chi connectivity index (χ4n) is 2.49. The summed E-state index contributed by atoms with van der Waals surface area (Å²) < 4.78 is 0.320. The van der Waals surface area contributed by atoms with E-state index in [9.17, 15) is 5.11 Å². The van der Waals surface area contributed by atoms with E-state index in [0.717, 1.165) is 22.6 Å². The second kappa shape index (κ2) is 7.50. The quantitative estimate of drug-likeness (QED) is 0.721. The number of hydrogen-bond donors (Lipinski definition) is 1. The van der Waals surface area contributed by atoms with Gasteiger partial charge in [0, 0.05) is 10.6 Å². The molecule has 1 nitrogen and oxygen atoms in total. The minimum Gasteiger partial charge on any atom is -0.384 e. The standard InChI is InChI=1S/C17H16Cl2OS2/c18-13-8-7-12(17-21-9-4-10-22-17)15(19)14(13)16(20)11-5-2-1-3-6-11/h1-3,5-8,16-17,20H,4,9-10H2. The number of aliphatic hydroxyl groups is 1. The van der Waals surface area contributed by atoms with E-state index in [-0.39, 0.29) is 0 Å². The molecule has 0 amide bonds. The van der Waals surface area contributed by atoms with Gasteiger partial charge >= 0.3 is 0 Å². The highest BCUT2D eigenvalue weighted by molar-refractivity contribution is 8.16. The van der Waals surface area contributed by atoms with Gasteiger partial charge in [0.1, 0.15) is 6.10 Å². The minimum atomic E-state index is -0.806. The number of aliphatic hydroxyl groups excluding tert-OH is 1. The highest BCUT2D eigenvalue weighted by Crippen LogP contribution is 2.48. The zero-order chi connectivity index (χ0) is 15.5. The molecule has 5 heteroatoms. The van der Waals surface area contributed by atoms with Gasteiger partial charge in [0.15, 0.2) is 0 Å². The maximum absolute atomic E-state index is 10.7. The molecular weight excluding hydrogens is 355 g/mol. The van der Waals surface area contributed by atoms with E-state index in [2.05, 4.69) is 0 Å². The summed E-state index contributed by atoms with van der Waals surface area (Å²) in [6.45, 7) is 0. The Bertz CT molecular complexity index is 643. The average molecular weight is 371 g/mol. The Labute approximate surface area is 149 Å². The summed E-state index contributed by atoms with van der Waals surface area (Å²) in [5.74, 6) is 2.29. The molecular formula is C17H16Cl2OS2. The van der Waals surface area contributed by atoms with Crippen LogP contribution in [-0.4, -0.2) is 16.6 Å². The normalized spacial score (nSPS) is 17.4. The zero-order valence-electron chi connectivity index (χ0n) is 11.8. The predicted octanol–water partition coefficient (Wildman–Crippen LogP) is 5.94. The molecule has 0 radical (unpaired) electrons. The summed E-state index contributed by atoms with van der Waals surface area (Å²) in [5, 5.41) is 11.8. The van der Waals surface area contributed by atoms with Crippen LogP contribution in [0, 0.1) is 0 Å². The smallest absolute Gasteiger partial charge is 0.107 e. The van der Waals surface area contributed by atoms with Crippen LogP contribution in [0.25, 0.3) is 0 Å². The van der Waals surface area contributed by atoms with Crippen molar-refractivity contribution >= 4 is 46.7 Å². The zero-order valence-corrected chi connectivity index (χ0v) is 15.0. The highest BCUT2D eigenvalue weighted by atomic mass is 35.5. The van der Waals surface area contributed by atoms with Crippen molar-refractivity contribution in [3.63, 3.8) is 0 Å². The molecule has 2 aromatic carbocycles. The Balaban J connectivity index is 2.00. The first kappa shape index (κ1) is 16.5. The van der Waals surface area contributed by atoms with Crippen LogP contribution in [0.4, 0.5) is 0 Å². The lowest BCUT2D eigenvalue weighted by atomic mass is 9.99. The second-order valence-electron chi connectivity index (χ2n) is 5.10. The SMILES string of the molecule is OC(c1ccccc1)c1c(Cl)ccc(C2SCCCS2)c1Cl. The van der Waals surface area contributed by atoms with Crippen molar-refractivity contribution < 1.29 is 5.11 Å². The first-order valence-corrected chi connectivity index (χ1v) is 9.98. The number of hydrogen-bond acceptors (Lipinski definition) is 3. The molecule has 2 aromatic rings. The van der Waals surface area contributed by atoms with Crippen LogP contribution in [0.1, 0.15) is 33.8 Å². The summed E-state index contributed by atoms with van der Waals surface area (Å²) >= 11 is 16.8. The van der Waals surface area contributed by atoms with Crippen LogP contribution in [0.2, 0.25) is 10.0 Å². The fraction of sp³-hybridized carbons (Fsp3) is 0.294. The van der Waals surface area contributed by atoms with Crippen molar-refractivity contribution in [1.29, 1.82) is 0 Å². The first-order chi connectivity index (χ1) is 10.7. The molecule has 1 saturated heterocycles. The molecule has 0 aliphatic carbocycles. The molecule has 1 heterocycles. The van der Waals surface area contributed by atoms with Crippen molar-refractivity contribution in [1.82, 2.24) is 0 Å². The van der Waals surface area contributed by atoms with Crippen LogP contribution in [0.15, 0.2) is 42.5 Å². The second-order valence-corrected chi connectivity index (χ2v) is 8.61. The monoisotopic (exact) mass is 370 g/mol. The van der Waals surface area contributed by atoms with Crippen molar-refractivity contribution in [2.45, 2.75) is 17.1 Å². The van der Waals surface area contributed by atoms with Gasteiger partial charge in [-0.3, -0.25) is 0 Å². The third kappa shape index (κ3) is 3.44. The Morgan fingerprint density at radius 3 is 2.36 bits per heavy atom. The van der Waals surface area contributed by atoms with Gasteiger partial charge in [0.25, 0.3) is 0 Å². The first-order valence-electron chi connectivity index (χ1n) is 7.12. The molecule has 0 aromatic heterocycles. The summed E-state index contributed by atoms with van der Waals surface area (Å²) in [5.41, 5.74) is 2.47. The third-order valence-corrected chi connectivity index (χ3v) is 7.36. The topological polar surface area (TPSA) is 20.2 Å². The van der Waals surface area contributed by atoms with Crippen molar-refractivity contribution in [3.8, 4) is 0 Å². The van der Waals surface area contributed by atoms with Crippen LogP contribution in [0.5, 0.6) is 0 Å². The van der Waals surface area contributed by atoms with Gasteiger partial charge in [-0.15, -0.1) is 23.5 Å². The summed E-state index contributed by atoms with van der Waals surface area (Å²) in [6, 6.07) is 13.3. The summed E-state index contributed by atoms with van der Waals surface area (Å²) in [7, 11) is 0. The van der Waals surface area contributed by atoms with Crippen molar-refractivity contribution in [2.24, 2.45) is 0 Å². The fourth-order valence-corrected chi connectivity index (χ4v) is 6.25. The summed E-state index contributed by atoms with van der Waals surface area (Å²) in [6.07, 6.45) is 0.427. The maximum Gasteiger partial charge on any atom is 0.107 e. The molecule has 3 rings (SSSR count). The Kier molecular flexibility index (Phi) is 5.64. The van der Waals surface area contributed by atoms with Crippen LogP contribution < -0.4 is 0 Å². The van der Waals surface area contributed by atoms with E-state index in [1.165, 1.54) is 6.42 Å². The van der Waals surface area contributed by atoms with Gasteiger partial charge in [0.05, 0.1) is 9.60 Å². The molecule has 1 fully saturated rings. The molecule has 0 saturated carbocycles. The average Bonchev–Trinajstić information content (AvgIpc) is 2.56. The Morgan fingerprint density at radius 2 is 1.68 bits per heavy atom. The molecule has 0 bridgehead atoms. The minimum absolute atomic E-state index is 0.320. The number of halogens is 2. The molecule has 1 aliphatic heterocycles. The summed E-state index contributed by atoms with van der Waals surface area (Å²) in [4.78, 5) is 0. The van der Waals surface area contributed by atoms with E-state index >= 15 is 0 Å². The lowest BCUT2D eigenvalue weighted by Gasteiger charge is -2.24. The molecule has 116 valence electrons. The van der Waals surface area contributed by atoms with Gasteiger partial charge in [-0.2, -0.15) is 0 Å². The molecule has 1 unspecified atom stereocenters.